The van der Waals surface area contributed by atoms with Crippen LogP contribution in [-0.4, -0.2) is 47.1 Å². The van der Waals surface area contributed by atoms with Crippen molar-refractivity contribution in [3.05, 3.63) is 29.8 Å². The lowest BCUT2D eigenvalue weighted by molar-refractivity contribution is -0.227. The molecule has 0 saturated carbocycles. The van der Waals surface area contributed by atoms with Crippen molar-refractivity contribution in [1.29, 1.82) is 0 Å². The van der Waals surface area contributed by atoms with Crippen LogP contribution in [0.5, 0.6) is 0 Å². The molecule has 25 heavy (non-hydrogen) atoms. The van der Waals surface area contributed by atoms with Crippen LogP contribution in [0.25, 0.3) is 0 Å². The van der Waals surface area contributed by atoms with Gasteiger partial charge in [-0.2, -0.15) is 13.2 Å². The van der Waals surface area contributed by atoms with Crippen LogP contribution in [0.4, 0.5) is 18.9 Å². The fourth-order valence-electron chi connectivity index (χ4n) is 3.38. The van der Waals surface area contributed by atoms with Gasteiger partial charge >= 0.3 is 12.1 Å². The maximum atomic E-state index is 13.3. The van der Waals surface area contributed by atoms with Crippen LogP contribution in [0.15, 0.2) is 24.3 Å². The van der Waals surface area contributed by atoms with E-state index in [1.807, 2.05) is 0 Å². The Labute approximate surface area is 140 Å². The van der Waals surface area contributed by atoms with E-state index in [1.165, 1.54) is 0 Å². The van der Waals surface area contributed by atoms with E-state index >= 15 is 0 Å². The quantitative estimate of drug-likeness (QED) is 0.848. The molecule has 3 rings (SSSR count). The number of hydrogen-bond acceptors (Lipinski definition) is 3. The number of aliphatic carboxylic acids is 1. The van der Waals surface area contributed by atoms with Crippen LogP contribution in [0.3, 0.4) is 0 Å². The largest absolute Gasteiger partial charge is 0.481 e. The number of likely N-dealkylation sites (tertiary alicyclic amines) is 1. The number of halogens is 3. The number of nitrogens with zero attached hydrogens (tertiary/aromatic N) is 1. The van der Waals surface area contributed by atoms with Crippen molar-refractivity contribution < 1.29 is 32.7 Å². The molecule has 2 aliphatic rings. The van der Waals surface area contributed by atoms with Crippen molar-refractivity contribution in [3.8, 4) is 0 Å². The normalized spacial score (nSPS) is 26.1. The van der Waals surface area contributed by atoms with E-state index in [0.29, 0.717) is 11.3 Å². The lowest BCUT2D eigenvalue weighted by Gasteiger charge is -2.30. The molecule has 9 heteroatoms. The third-order valence-electron chi connectivity index (χ3n) is 4.83. The molecule has 2 amide bonds. The Morgan fingerprint density at radius 2 is 1.96 bits per heavy atom. The molecule has 0 aliphatic carbocycles. The van der Waals surface area contributed by atoms with Gasteiger partial charge in [0.1, 0.15) is 0 Å². The van der Waals surface area contributed by atoms with E-state index < -0.39 is 48.3 Å². The first kappa shape index (κ1) is 17.2. The minimum Gasteiger partial charge on any atom is -0.481 e. The van der Waals surface area contributed by atoms with Gasteiger partial charge in [0.25, 0.3) is 0 Å². The second-order valence-corrected chi connectivity index (χ2v) is 6.29. The summed E-state index contributed by atoms with van der Waals surface area (Å²) in [5.41, 5.74) is -2.00. The molecule has 6 nitrogen and oxygen atoms in total. The minimum absolute atomic E-state index is 0.182. The van der Waals surface area contributed by atoms with E-state index in [4.69, 9.17) is 5.11 Å². The molecule has 0 aromatic heterocycles. The van der Waals surface area contributed by atoms with Crippen LogP contribution >= 0.6 is 0 Å². The van der Waals surface area contributed by atoms with Crippen molar-refractivity contribution in [3.63, 3.8) is 0 Å². The van der Waals surface area contributed by atoms with Gasteiger partial charge in [0.05, 0.1) is 5.92 Å². The zero-order chi connectivity index (χ0) is 18.4. The molecule has 0 bridgehead atoms. The lowest BCUT2D eigenvalue weighted by atomic mass is 9.86. The van der Waals surface area contributed by atoms with Crippen molar-refractivity contribution in [2.45, 2.75) is 24.9 Å². The first-order chi connectivity index (χ1) is 11.7. The summed E-state index contributed by atoms with van der Waals surface area (Å²) < 4.78 is 39.8. The van der Waals surface area contributed by atoms with E-state index in [9.17, 15) is 27.6 Å². The van der Waals surface area contributed by atoms with E-state index in [2.05, 4.69) is 5.32 Å². The number of anilines is 1. The van der Waals surface area contributed by atoms with E-state index in [1.54, 1.807) is 24.3 Å². The van der Waals surface area contributed by atoms with Crippen LogP contribution in [-0.2, 0) is 14.4 Å². The number of carbonyl (C=O) groups is 3. The Hall–Kier alpha value is -2.58. The Bertz CT molecular complexity index is 749. The van der Waals surface area contributed by atoms with Gasteiger partial charge < -0.3 is 15.3 Å². The molecule has 0 spiro atoms. The number of carboxylic acid groups (broad SMARTS) is 1. The Morgan fingerprint density at radius 3 is 2.56 bits per heavy atom. The zero-order valence-electron chi connectivity index (χ0n) is 13.0. The molecule has 1 saturated heterocycles. The summed E-state index contributed by atoms with van der Waals surface area (Å²) in [6, 6.07) is 6.56. The highest BCUT2D eigenvalue weighted by Gasteiger charge is 2.64. The summed E-state index contributed by atoms with van der Waals surface area (Å²) >= 11 is 0. The van der Waals surface area contributed by atoms with Gasteiger partial charge in [-0.15, -0.1) is 0 Å². The van der Waals surface area contributed by atoms with Crippen molar-refractivity contribution in [2.75, 3.05) is 18.4 Å². The molecule has 1 fully saturated rings. The van der Waals surface area contributed by atoms with Crippen LogP contribution in [0, 0.1) is 5.41 Å². The number of carboxylic acids is 1. The van der Waals surface area contributed by atoms with Gasteiger partial charge in [-0.1, -0.05) is 18.2 Å². The highest BCUT2D eigenvalue weighted by Crippen LogP contribution is 2.46. The fourth-order valence-corrected chi connectivity index (χ4v) is 3.38. The van der Waals surface area contributed by atoms with Gasteiger partial charge in [0.2, 0.25) is 11.8 Å². The van der Waals surface area contributed by atoms with Gasteiger partial charge in [0.15, 0.2) is 5.41 Å². The van der Waals surface area contributed by atoms with Crippen molar-refractivity contribution in [2.24, 2.45) is 5.41 Å². The molecule has 134 valence electrons. The number of fused-ring (bicyclic) bond motifs is 1. The third-order valence-corrected chi connectivity index (χ3v) is 4.83. The topological polar surface area (TPSA) is 86.7 Å². The third kappa shape index (κ3) is 2.73. The molecular formula is C16H15F3N2O4. The zero-order valence-corrected chi connectivity index (χ0v) is 13.0. The molecule has 2 atom stereocenters. The smallest absolute Gasteiger partial charge is 0.406 e. The molecule has 2 heterocycles. The summed E-state index contributed by atoms with van der Waals surface area (Å²) in [4.78, 5) is 36.7. The number of benzene rings is 1. The molecule has 0 radical (unpaired) electrons. The SMILES string of the molecule is O=C1CC(C(=O)N2CCC(C(=O)O)(C(F)(F)F)C2)c2ccccc2N1. The second kappa shape index (κ2) is 5.75. The average molecular weight is 356 g/mol. The Balaban J connectivity index is 1.88. The number of hydrogen-bond donors (Lipinski definition) is 2. The van der Waals surface area contributed by atoms with Gasteiger partial charge in [-0.3, -0.25) is 14.4 Å². The maximum absolute atomic E-state index is 13.3. The highest BCUT2D eigenvalue weighted by molar-refractivity contribution is 6.01. The number of alkyl halides is 3. The van der Waals surface area contributed by atoms with Crippen LogP contribution < -0.4 is 5.32 Å². The number of amides is 2. The van der Waals surface area contributed by atoms with Crippen LogP contribution in [0.2, 0.25) is 0 Å². The number of carbonyl (C=O) groups excluding carboxylic acids is 2. The summed E-state index contributed by atoms with van der Waals surface area (Å²) in [5, 5.41) is 11.7. The molecule has 2 aliphatic heterocycles. The molecule has 1 aromatic carbocycles. The maximum Gasteiger partial charge on any atom is 0.406 e. The van der Waals surface area contributed by atoms with Crippen molar-refractivity contribution in [1.82, 2.24) is 4.90 Å². The standard InChI is InChI=1S/C16H15F3N2O4/c17-16(18,19)15(14(24)25)5-6-21(8-15)13(23)10-7-12(22)20-11-4-2-1-3-9(10)11/h1-4,10H,5-8H2,(H,20,22)(H,24,25). The summed E-state index contributed by atoms with van der Waals surface area (Å²) in [6.07, 6.45) is -5.84. The number of nitrogens with one attached hydrogen (secondary N) is 1. The molecule has 2 unspecified atom stereocenters. The second-order valence-electron chi connectivity index (χ2n) is 6.29. The first-order valence-corrected chi connectivity index (χ1v) is 7.63. The predicted octanol–water partition coefficient (Wildman–Crippen LogP) is 1.98. The van der Waals surface area contributed by atoms with Gasteiger partial charge in [-0.05, 0) is 18.1 Å². The van der Waals surface area contributed by atoms with E-state index in [-0.39, 0.29) is 13.0 Å². The number of rotatable bonds is 2. The Morgan fingerprint density at radius 1 is 1.28 bits per heavy atom. The highest BCUT2D eigenvalue weighted by atomic mass is 19.4. The monoisotopic (exact) mass is 356 g/mol. The van der Waals surface area contributed by atoms with Crippen molar-refractivity contribution >= 4 is 23.5 Å². The summed E-state index contributed by atoms with van der Waals surface area (Å²) in [6.45, 7) is -1.25. The molecular weight excluding hydrogens is 341 g/mol. The summed E-state index contributed by atoms with van der Waals surface area (Å²) in [7, 11) is 0. The lowest BCUT2D eigenvalue weighted by Crippen LogP contribution is -2.48. The number of para-hydroxylation sites is 1. The first-order valence-electron chi connectivity index (χ1n) is 7.63. The van der Waals surface area contributed by atoms with Gasteiger partial charge in [0, 0.05) is 25.2 Å². The van der Waals surface area contributed by atoms with E-state index in [0.717, 1.165) is 4.90 Å². The summed E-state index contributed by atoms with van der Waals surface area (Å²) in [5.74, 6) is -3.97. The average Bonchev–Trinajstić information content (AvgIpc) is 3.00. The fraction of sp³-hybridized carbons (Fsp3) is 0.438. The van der Waals surface area contributed by atoms with Crippen LogP contribution in [0.1, 0.15) is 24.3 Å². The van der Waals surface area contributed by atoms with Gasteiger partial charge in [-0.25, -0.2) is 0 Å². The molecule has 1 aromatic rings. The minimum atomic E-state index is -4.96. The molecule has 2 N–H and O–H groups in total. The Kier molecular flexibility index (Phi) is 3.97. The predicted molar refractivity (Wildman–Crippen MR) is 79.8 cm³/mol.